The second-order valence-electron chi connectivity index (χ2n) is 3.69. The SMILES string of the molecule is CN(CCc1ccccn1)c1cc(Cl)ncn1. The molecule has 2 aromatic heterocycles. The lowest BCUT2D eigenvalue weighted by molar-refractivity contribution is 0.836. The Labute approximate surface area is 105 Å². The molecule has 0 saturated carbocycles. The molecule has 0 aromatic carbocycles. The molecule has 0 aliphatic carbocycles. The summed E-state index contributed by atoms with van der Waals surface area (Å²) in [5, 5.41) is 0.458. The van der Waals surface area contributed by atoms with Crippen molar-refractivity contribution < 1.29 is 0 Å². The number of pyridine rings is 1. The van der Waals surface area contributed by atoms with Crippen molar-refractivity contribution in [2.45, 2.75) is 6.42 Å². The van der Waals surface area contributed by atoms with Gasteiger partial charge in [-0.2, -0.15) is 0 Å². The molecule has 0 spiro atoms. The number of rotatable bonds is 4. The Morgan fingerprint density at radius 2 is 2.12 bits per heavy atom. The number of likely N-dealkylation sites (N-methyl/N-ethyl adjacent to an activating group) is 1. The summed E-state index contributed by atoms with van der Waals surface area (Å²) >= 11 is 5.82. The average Bonchev–Trinajstić information content (AvgIpc) is 2.37. The van der Waals surface area contributed by atoms with E-state index in [2.05, 4.69) is 15.0 Å². The minimum absolute atomic E-state index is 0.458. The van der Waals surface area contributed by atoms with Crippen molar-refractivity contribution >= 4 is 17.4 Å². The van der Waals surface area contributed by atoms with Gasteiger partial charge in [0.2, 0.25) is 0 Å². The van der Waals surface area contributed by atoms with Crippen molar-refractivity contribution in [1.29, 1.82) is 0 Å². The Morgan fingerprint density at radius 1 is 1.24 bits per heavy atom. The summed E-state index contributed by atoms with van der Waals surface area (Å²) in [6.07, 6.45) is 4.14. The van der Waals surface area contributed by atoms with Gasteiger partial charge in [0.1, 0.15) is 17.3 Å². The van der Waals surface area contributed by atoms with Gasteiger partial charge in [-0.1, -0.05) is 17.7 Å². The zero-order valence-corrected chi connectivity index (χ0v) is 10.3. The molecule has 2 heterocycles. The van der Waals surface area contributed by atoms with Gasteiger partial charge in [-0.15, -0.1) is 0 Å². The molecule has 2 aromatic rings. The number of hydrogen-bond acceptors (Lipinski definition) is 4. The lowest BCUT2D eigenvalue weighted by atomic mass is 10.2. The van der Waals surface area contributed by atoms with E-state index in [0.29, 0.717) is 5.15 Å². The van der Waals surface area contributed by atoms with E-state index in [1.807, 2.05) is 30.1 Å². The first kappa shape index (κ1) is 11.8. The van der Waals surface area contributed by atoms with Crippen molar-refractivity contribution in [3.05, 3.63) is 47.6 Å². The molecule has 5 heteroatoms. The van der Waals surface area contributed by atoms with Crippen LogP contribution in [0.5, 0.6) is 0 Å². The third-order valence-electron chi connectivity index (χ3n) is 2.44. The topological polar surface area (TPSA) is 41.9 Å². The summed E-state index contributed by atoms with van der Waals surface area (Å²) in [4.78, 5) is 14.3. The number of aromatic nitrogens is 3. The number of hydrogen-bond donors (Lipinski definition) is 0. The molecule has 0 radical (unpaired) electrons. The highest BCUT2D eigenvalue weighted by Crippen LogP contribution is 2.12. The Bertz CT molecular complexity index is 475. The van der Waals surface area contributed by atoms with Crippen LogP contribution in [0.3, 0.4) is 0 Å². The van der Waals surface area contributed by atoms with Crippen molar-refractivity contribution in [3.63, 3.8) is 0 Å². The van der Waals surface area contributed by atoms with Crippen molar-refractivity contribution in [2.24, 2.45) is 0 Å². The molecule has 4 nitrogen and oxygen atoms in total. The molecule has 0 atom stereocenters. The van der Waals surface area contributed by atoms with E-state index in [1.165, 1.54) is 6.33 Å². The first-order valence-corrected chi connectivity index (χ1v) is 5.72. The molecule has 0 saturated heterocycles. The Hall–Kier alpha value is -1.68. The van der Waals surface area contributed by atoms with E-state index >= 15 is 0 Å². The van der Waals surface area contributed by atoms with Gasteiger partial charge < -0.3 is 4.90 Å². The molecule has 0 aliphatic heterocycles. The summed E-state index contributed by atoms with van der Waals surface area (Å²) in [6.45, 7) is 0.838. The van der Waals surface area contributed by atoms with Gasteiger partial charge in [0.05, 0.1) is 0 Å². The highest BCUT2D eigenvalue weighted by molar-refractivity contribution is 6.29. The zero-order valence-electron chi connectivity index (χ0n) is 9.55. The van der Waals surface area contributed by atoms with Crippen LogP contribution in [0.1, 0.15) is 5.69 Å². The lowest BCUT2D eigenvalue weighted by Crippen LogP contribution is -2.21. The first-order chi connectivity index (χ1) is 8.25. The zero-order chi connectivity index (χ0) is 12.1. The maximum absolute atomic E-state index is 5.82. The predicted octanol–water partition coefficient (Wildman–Crippen LogP) is 2.20. The molecule has 0 fully saturated rings. The van der Waals surface area contributed by atoms with Gasteiger partial charge in [-0.25, -0.2) is 9.97 Å². The monoisotopic (exact) mass is 248 g/mol. The van der Waals surface area contributed by atoms with Gasteiger partial charge in [-0.05, 0) is 12.1 Å². The van der Waals surface area contributed by atoms with Crippen LogP contribution in [-0.4, -0.2) is 28.5 Å². The normalized spacial score (nSPS) is 10.2. The van der Waals surface area contributed by atoms with Crippen LogP contribution in [0, 0.1) is 0 Å². The van der Waals surface area contributed by atoms with Gasteiger partial charge in [0.25, 0.3) is 0 Å². The van der Waals surface area contributed by atoms with E-state index in [9.17, 15) is 0 Å². The summed E-state index contributed by atoms with van der Waals surface area (Å²) in [7, 11) is 1.97. The molecule has 0 bridgehead atoms. The Kier molecular flexibility index (Phi) is 3.88. The fourth-order valence-electron chi connectivity index (χ4n) is 1.48. The van der Waals surface area contributed by atoms with Crippen LogP contribution >= 0.6 is 11.6 Å². The molecular formula is C12H13ClN4. The number of nitrogens with zero attached hydrogens (tertiary/aromatic N) is 4. The van der Waals surface area contributed by atoms with E-state index in [4.69, 9.17) is 11.6 Å². The second kappa shape index (κ2) is 5.59. The van der Waals surface area contributed by atoms with Crippen molar-refractivity contribution in [1.82, 2.24) is 15.0 Å². The van der Waals surface area contributed by atoms with Crippen LogP contribution < -0.4 is 4.90 Å². The van der Waals surface area contributed by atoms with Gasteiger partial charge in [0, 0.05) is 38.0 Å². The largest absolute Gasteiger partial charge is 0.359 e. The molecule has 88 valence electrons. The predicted molar refractivity (Wildman–Crippen MR) is 68.3 cm³/mol. The summed E-state index contributed by atoms with van der Waals surface area (Å²) in [6, 6.07) is 7.67. The van der Waals surface area contributed by atoms with Crippen LogP contribution in [0.4, 0.5) is 5.82 Å². The lowest BCUT2D eigenvalue weighted by Gasteiger charge is -2.17. The smallest absolute Gasteiger partial charge is 0.134 e. The van der Waals surface area contributed by atoms with Crippen LogP contribution in [0.2, 0.25) is 5.15 Å². The molecule has 0 aliphatic rings. The summed E-state index contributed by atoms with van der Waals surface area (Å²) in [5.74, 6) is 0.820. The van der Waals surface area contributed by atoms with Gasteiger partial charge >= 0.3 is 0 Å². The molecule has 0 unspecified atom stereocenters. The quantitative estimate of drug-likeness (QED) is 0.778. The minimum atomic E-state index is 0.458. The van der Waals surface area contributed by atoms with Gasteiger partial charge in [-0.3, -0.25) is 4.98 Å². The van der Waals surface area contributed by atoms with Crippen molar-refractivity contribution in [2.75, 3.05) is 18.5 Å². The molecule has 0 N–H and O–H groups in total. The fourth-order valence-corrected chi connectivity index (χ4v) is 1.62. The molecule has 17 heavy (non-hydrogen) atoms. The van der Waals surface area contributed by atoms with Gasteiger partial charge in [0.15, 0.2) is 0 Å². The highest BCUT2D eigenvalue weighted by Gasteiger charge is 2.04. The third-order valence-corrected chi connectivity index (χ3v) is 2.65. The van der Waals surface area contributed by atoms with Crippen LogP contribution in [-0.2, 0) is 6.42 Å². The van der Waals surface area contributed by atoms with Crippen LogP contribution in [0.15, 0.2) is 36.8 Å². The third kappa shape index (κ3) is 3.39. The molecule has 2 rings (SSSR count). The standard InChI is InChI=1S/C12H13ClN4/c1-17(12-8-11(13)15-9-16-12)7-5-10-4-2-3-6-14-10/h2-4,6,8-9H,5,7H2,1H3. The number of anilines is 1. The van der Waals surface area contributed by atoms with E-state index < -0.39 is 0 Å². The Balaban J connectivity index is 1.96. The first-order valence-electron chi connectivity index (χ1n) is 5.34. The summed E-state index contributed by atoms with van der Waals surface area (Å²) in [5.41, 5.74) is 1.07. The summed E-state index contributed by atoms with van der Waals surface area (Å²) < 4.78 is 0. The average molecular weight is 249 g/mol. The Morgan fingerprint density at radius 3 is 2.82 bits per heavy atom. The van der Waals surface area contributed by atoms with Crippen molar-refractivity contribution in [3.8, 4) is 0 Å². The fraction of sp³-hybridized carbons (Fsp3) is 0.250. The van der Waals surface area contributed by atoms with E-state index in [-0.39, 0.29) is 0 Å². The number of halogens is 1. The minimum Gasteiger partial charge on any atom is -0.359 e. The maximum Gasteiger partial charge on any atom is 0.134 e. The highest BCUT2D eigenvalue weighted by atomic mass is 35.5. The second-order valence-corrected chi connectivity index (χ2v) is 4.08. The molecule has 0 amide bonds. The maximum atomic E-state index is 5.82. The molecular weight excluding hydrogens is 236 g/mol. The van der Waals surface area contributed by atoms with Crippen LogP contribution in [0.25, 0.3) is 0 Å². The van der Waals surface area contributed by atoms with E-state index in [1.54, 1.807) is 12.3 Å². The van der Waals surface area contributed by atoms with E-state index in [0.717, 1.165) is 24.5 Å².